The van der Waals surface area contributed by atoms with Crippen LogP contribution in [-0.4, -0.2) is 82.7 Å². The summed E-state index contributed by atoms with van der Waals surface area (Å²) < 4.78 is 32.4. The molecule has 0 saturated carbocycles. The van der Waals surface area contributed by atoms with E-state index < -0.39 is 0 Å². The van der Waals surface area contributed by atoms with Crippen molar-refractivity contribution >= 4 is 10.8 Å². The largest absolute Gasteiger partial charge is 0.351 e. The number of epoxide rings is 3. The quantitative estimate of drug-likeness (QED) is 0.220. The van der Waals surface area contributed by atoms with Gasteiger partial charge in [-0.25, -0.2) is 14.3 Å². The summed E-state index contributed by atoms with van der Waals surface area (Å²) >= 11 is 0. The van der Waals surface area contributed by atoms with E-state index in [0.717, 1.165) is 12.1 Å². The molecule has 10 heteroatoms. The van der Waals surface area contributed by atoms with Crippen LogP contribution >= 0.6 is 0 Å². The number of halogens is 1. The Hall–Kier alpha value is -3.76. The fourth-order valence-electron chi connectivity index (χ4n) is 7.61. The van der Waals surface area contributed by atoms with E-state index >= 15 is 0 Å². The summed E-state index contributed by atoms with van der Waals surface area (Å²) in [5.41, 5.74) is 3.44. The molecular formula is C36H35FN6O3. The lowest BCUT2D eigenvalue weighted by molar-refractivity contribution is -0.165. The average Bonchev–Trinajstić information content (AvgIpc) is 3.97. The van der Waals surface area contributed by atoms with Crippen LogP contribution in [0.15, 0.2) is 97.1 Å². The van der Waals surface area contributed by atoms with Gasteiger partial charge in [0.05, 0.1) is 18.3 Å². The van der Waals surface area contributed by atoms with E-state index in [1.807, 2.05) is 6.07 Å². The van der Waals surface area contributed by atoms with Gasteiger partial charge >= 0.3 is 0 Å². The number of nitrogens with zero attached hydrogens (tertiary/aromatic N) is 5. The van der Waals surface area contributed by atoms with Gasteiger partial charge in [0.1, 0.15) is 37.0 Å². The summed E-state index contributed by atoms with van der Waals surface area (Å²) in [6, 6.07) is 34.5. The maximum Gasteiger partial charge on any atom is 0.166 e. The molecule has 8 atom stereocenters. The van der Waals surface area contributed by atoms with E-state index in [4.69, 9.17) is 14.2 Å². The number of nitrogens with one attached hydrogen (secondary N) is 1. The summed E-state index contributed by atoms with van der Waals surface area (Å²) in [7, 11) is 0. The lowest BCUT2D eigenvalue weighted by Crippen LogP contribution is -2.65. The van der Waals surface area contributed by atoms with Crippen LogP contribution < -0.4 is 5.32 Å². The zero-order valence-electron chi connectivity index (χ0n) is 25.2. The van der Waals surface area contributed by atoms with Crippen LogP contribution in [0.4, 0.5) is 4.39 Å². The molecule has 5 aliphatic heterocycles. The lowest BCUT2D eigenvalue weighted by Gasteiger charge is -2.48. The Kier molecular flexibility index (Phi) is 7.11. The molecule has 5 fully saturated rings. The molecule has 234 valence electrons. The maximum atomic E-state index is 13.4. The molecular weight excluding hydrogens is 583 g/mol. The molecule has 5 saturated heterocycles. The molecule has 0 aliphatic carbocycles. The maximum absolute atomic E-state index is 13.4. The minimum atomic E-state index is -0.298. The molecule has 6 unspecified atom stereocenters. The number of ether oxygens (including phenoxy) is 3. The molecule has 9 rings (SSSR count). The second-order valence-corrected chi connectivity index (χ2v) is 12.7. The lowest BCUT2D eigenvalue weighted by atomic mass is 10.00. The van der Waals surface area contributed by atoms with Gasteiger partial charge in [-0.15, -0.1) is 0 Å². The molecule has 0 bridgehead atoms. The van der Waals surface area contributed by atoms with Crippen molar-refractivity contribution in [2.24, 2.45) is 0 Å². The van der Waals surface area contributed by atoms with Gasteiger partial charge in [-0.1, -0.05) is 84.9 Å². The predicted octanol–water partition coefficient (Wildman–Crippen LogP) is 4.14. The van der Waals surface area contributed by atoms with Gasteiger partial charge in [-0.2, -0.15) is 10.3 Å². The van der Waals surface area contributed by atoms with Crippen molar-refractivity contribution in [3.05, 3.63) is 120 Å². The van der Waals surface area contributed by atoms with Crippen molar-refractivity contribution < 1.29 is 18.6 Å². The van der Waals surface area contributed by atoms with Crippen molar-refractivity contribution in [2.75, 3.05) is 19.6 Å². The molecule has 0 radical (unpaired) electrons. The second-order valence-electron chi connectivity index (χ2n) is 12.7. The Morgan fingerprint density at radius 2 is 1.67 bits per heavy atom. The van der Waals surface area contributed by atoms with Gasteiger partial charge in [-0.3, -0.25) is 10.2 Å². The Morgan fingerprint density at radius 1 is 0.870 bits per heavy atom. The SMILES string of the molecule is N#CCN(C1OC1NCc1ccc(F)cc1)N1CC2OC2N2[C@@H](c3ccccc3)C3OC3N(Cc3cccc4ccccc34)C[C@@H]21. The molecule has 5 aliphatic rings. The molecule has 1 N–H and O–H groups in total. The van der Waals surface area contributed by atoms with Gasteiger partial charge in [0.15, 0.2) is 12.5 Å². The highest BCUT2D eigenvalue weighted by molar-refractivity contribution is 5.85. The fourth-order valence-corrected chi connectivity index (χ4v) is 7.61. The molecule has 0 amide bonds. The van der Waals surface area contributed by atoms with Gasteiger partial charge < -0.3 is 14.2 Å². The first kappa shape index (κ1) is 28.5. The Bertz CT molecular complexity index is 1770. The first-order valence-electron chi connectivity index (χ1n) is 16.0. The topological polar surface area (TPSA) is 86.4 Å². The Balaban J connectivity index is 1.03. The predicted molar refractivity (Wildman–Crippen MR) is 167 cm³/mol. The summed E-state index contributed by atoms with van der Waals surface area (Å²) in [4.78, 5) is 4.95. The minimum absolute atomic E-state index is 0.00103. The summed E-state index contributed by atoms with van der Waals surface area (Å²) in [5.74, 6) is -0.255. The van der Waals surface area contributed by atoms with Crippen molar-refractivity contribution in [3.8, 4) is 6.07 Å². The first-order valence-corrected chi connectivity index (χ1v) is 16.0. The van der Waals surface area contributed by atoms with E-state index in [2.05, 4.69) is 97.9 Å². The molecule has 0 aromatic heterocycles. The first-order chi connectivity index (χ1) is 22.7. The van der Waals surface area contributed by atoms with E-state index in [-0.39, 0.29) is 61.7 Å². The molecule has 4 aromatic rings. The normalized spacial score (nSPS) is 31.8. The highest BCUT2D eigenvalue weighted by Crippen LogP contribution is 2.51. The van der Waals surface area contributed by atoms with Gasteiger partial charge in [-0.05, 0) is 39.6 Å². The van der Waals surface area contributed by atoms with Gasteiger partial charge in [0.25, 0.3) is 0 Å². The summed E-state index contributed by atoms with van der Waals surface area (Å²) in [6.07, 6.45) is -0.618. The number of fused-ring (bicyclic) bond motifs is 5. The number of hydrogen-bond donors (Lipinski definition) is 1. The van der Waals surface area contributed by atoms with Crippen LogP contribution in [0, 0.1) is 17.1 Å². The van der Waals surface area contributed by atoms with Crippen molar-refractivity contribution in [2.45, 2.75) is 62.4 Å². The summed E-state index contributed by atoms with van der Waals surface area (Å²) in [6.45, 7) is 2.86. The van der Waals surface area contributed by atoms with Crippen molar-refractivity contribution in [1.29, 1.82) is 5.26 Å². The molecule has 0 spiro atoms. The molecule has 46 heavy (non-hydrogen) atoms. The number of rotatable bonds is 9. The molecule has 4 aromatic carbocycles. The average molecular weight is 619 g/mol. The van der Waals surface area contributed by atoms with E-state index in [9.17, 15) is 9.65 Å². The van der Waals surface area contributed by atoms with Crippen LogP contribution in [-0.2, 0) is 27.3 Å². The number of nitriles is 1. The van der Waals surface area contributed by atoms with Crippen LogP contribution in [0.25, 0.3) is 10.8 Å². The van der Waals surface area contributed by atoms with Gasteiger partial charge in [0.2, 0.25) is 0 Å². The molecule has 5 heterocycles. The highest BCUT2D eigenvalue weighted by atomic mass is 19.1. The van der Waals surface area contributed by atoms with E-state index in [1.54, 1.807) is 12.1 Å². The Labute approximate surface area is 267 Å². The molecule has 9 nitrogen and oxygen atoms in total. The van der Waals surface area contributed by atoms with Crippen molar-refractivity contribution in [1.82, 2.24) is 25.1 Å². The van der Waals surface area contributed by atoms with Crippen molar-refractivity contribution in [3.63, 3.8) is 0 Å². The smallest absolute Gasteiger partial charge is 0.166 e. The van der Waals surface area contributed by atoms with Crippen LogP contribution in [0.2, 0.25) is 0 Å². The van der Waals surface area contributed by atoms with E-state index in [1.165, 1.54) is 34.0 Å². The summed E-state index contributed by atoms with van der Waals surface area (Å²) in [5, 5.41) is 20.3. The zero-order chi connectivity index (χ0) is 30.8. The fraction of sp³-hybridized carbons (Fsp3) is 0.361. The van der Waals surface area contributed by atoms with Crippen LogP contribution in [0.1, 0.15) is 22.7 Å². The minimum Gasteiger partial charge on any atom is -0.351 e. The van der Waals surface area contributed by atoms with Crippen LogP contribution in [0.5, 0.6) is 0 Å². The van der Waals surface area contributed by atoms with Crippen LogP contribution in [0.3, 0.4) is 0 Å². The van der Waals surface area contributed by atoms with Gasteiger partial charge in [0, 0.05) is 26.2 Å². The zero-order valence-corrected chi connectivity index (χ0v) is 25.2. The third-order valence-corrected chi connectivity index (χ3v) is 9.94. The third-order valence-electron chi connectivity index (χ3n) is 9.94. The highest BCUT2D eigenvalue weighted by Gasteiger charge is 2.65. The second kappa shape index (κ2) is 11.5. The standard InChI is InChI=1S/C36H35FN6O3/c37-27-15-13-23(14-16-27)19-39-33-36(46-33)41(18-17-38)42-21-29-34(44-29)43-30(42)22-40(20-26-11-6-10-24-7-4-5-12-28(24)26)35-32(45-35)31(43)25-8-2-1-3-9-25/h1-16,29-36,39H,18-22H2/t29?,30-,31+,32?,33?,34?,35?,36?/m1/s1. The number of hydrogen-bond acceptors (Lipinski definition) is 9. The monoisotopic (exact) mass is 618 g/mol. The Morgan fingerprint density at radius 3 is 2.52 bits per heavy atom. The third kappa shape index (κ3) is 5.19. The van der Waals surface area contributed by atoms with E-state index in [0.29, 0.717) is 19.6 Å². The number of benzene rings is 4. The number of hydrazine groups is 1.